The molecule has 0 saturated carbocycles. The van der Waals surface area contributed by atoms with Crippen LogP contribution in [0.2, 0.25) is 0 Å². The number of carbonyl (C=O) groups excluding carboxylic acids is 1. The van der Waals surface area contributed by atoms with E-state index in [1.54, 1.807) is 10.9 Å². The molecule has 0 unspecified atom stereocenters. The fourth-order valence-corrected chi connectivity index (χ4v) is 4.05. The number of hydrogen-bond donors (Lipinski definition) is 1. The summed E-state index contributed by atoms with van der Waals surface area (Å²) < 4.78 is 32.3. The summed E-state index contributed by atoms with van der Waals surface area (Å²) in [6.07, 6.45) is 1.72. The van der Waals surface area contributed by atoms with Gasteiger partial charge in [0.1, 0.15) is 6.54 Å². The van der Waals surface area contributed by atoms with Crippen LogP contribution in [-0.4, -0.2) is 67.5 Å². The monoisotopic (exact) mass is 366 g/mol. The molecule has 1 amide bonds. The minimum Gasteiger partial charge on any atom is -0.379 e. The van der Waals surface area contributed by atoms with Crippen LogP contribution in [0.3, 0.4) is 0 Å². The third kappa shape index (κ3) is 4.00. The molecular formula is C16H22N4O4S. The lowest BCUT2D eigenvalue weighted by Crippen LogP contribution is -2.44. The van der Waals surface area contributed by atoms with Crippen LogP contribution < -0.4 is 5.32 Å². The van der Waals surface area contributed by atoms with Crippen molar-refractivity contribution in [3.63, 3.8) is 0 Å². The molecule has 3 rings (SSSR count). The smallest absolute Gasteiger partial charge is 0.242 e. The summed E-state index contributed by atoms with van der Waals surface area (Å²) in [5, 5.41) is 8.09. The van der Waals surface area contributed by atoms with E-state index in [-0.39, 0.29) is 30.2 Å². The van der Waals surface area contributed by atoms with Crippen LogP contribution in [0.1, 0.15) is 0 Å². The zero-order chi connectivity index (χ0) is 18.0. The van der Waals surface area contributed by atoms with Gasteiger partial charge in [-0.25, -0.2) is 12.7 Å². The molecule has 1 aromatic carbocycles. The molecule has 0 spiro atoms. The van der Waals surface area contributed by atoms with Gasteiger partial charge in [0.05, 0.1) is 36.7 Å². The van der Waals surface area contributed by atoms with E-state index in [0.717, 1.165) is 10.9 Å². The molecule has 1 aromatic heterocycles. The lowest BCUT2D eigenvalue weighted by atomic mass is 10.1. The van der Waals surface area contributed by atoms with Crippen molar-refractivity contribution in [2.45, 2.75) is 12.6 Å². The number of nitrogens with one attached hydrogen (secondary N) is 1. The molecule has 1 fully saturated rings. The number of amides is 1. The molecule has 8 nitrogen and oxygen atoms in total. The number of benzene rings is 1. The zero-order valence-corrected chi connectivity index (χ0v) is 15.1. The van der Waals surface area contributed by atoms with E-state index in [9.17, 15) is 13.2 Å². The van der Waals surface area contributed by atoms with Crippen molar-refractivity contribution in [3.05, 3.63) is 30.5 Å². The maximum Gasteiger partial charge on any atom is 0.242 e. The molecule has 1 saturated heterocycles. The van der Waals surface area contributed by atoms with Gasteiger partial charge in [0.15, 0.2) is 0 Å². The maximum absolute atomic E-state index is 12.4. The van der Waals surface area contributed by atoms with Crippen LogP contribution in [-0.2, 0) is 26.1 Å². The van der Waals surface area contributed by atoms with Crippen molar-refractivity contribution >= 4 is 26.8 Å². The number of hydrogen-bond acceptors (Lipinski definition) is 5. The Morgan fingerprint density at radius 2 is 2.12 bits per heavy atom. The molecular weight excluding hydrogens is 344 g/mol. The van der Waals surface area contributed by atoms with Gasteiger partial charge in [0.2, 0.25) is 15.9 Å². The van der Waals surface area contributed by atoms with Gasteiger partial charge in [-0.05, 0) is 6.07 Å². The van der Waals surface area contributed by atoms with Crippen LogP contribution in [0.4, 0.5) is 0 Å². The number of nitrogens with zero attached hydrogens (tertiary/aromatic N) is 3. The van der Waals surface area contributed by atoms with Gasteiger partial charge < -0.3 is 10.1 Å². The lowest BCUT2D eigenvalue weighted by molar-refractivity contribution is -0.122. The highest BCUT2D eigenvalue weighted by Gasteiger charge is 2.34. The van der Waals surface area contributed by atoms with Gasteiger partial charge >= 0.3 is 0 Å². The molecule has 0 radical (unpaired) electrons. The van der Waals surface area contributed by atoms with Crippen molar-refractivity contribution in [2.24, 2.45) is 5.92 Å². The summed E-state index contributed by atoms with van der Waals surface area (Å²) in [5.74, 6) is -0.516. The van der Waals surface area contributed by atoms with Crippen LogP contribution >= 0.6 is 0 Å². The molecule has 1 aliphatic rings. The lowest BCUT2D eigenvalue weighted by Gasteiger charge is -2.21. The van der Waals surface area contributed by atoms with Gasteiger partial charge in [-0.3, -0.25) is 9.48 Å². The quantitative estimate of drug-likeness (QED) is 0.780. The SMILES string of the molecule is CN(C)S(=O)(=O)C[C@@H]1COC[C@@H]1NC(=O)Cn1ncc2ccccc21. The number of sulfonamides is 1. The van der Waals surface area contributed by atoms with Gasteiger partial charge in [0.25, 0.3) is 0 Å². The highest BCUT2D eigenvalue weighted by molar-refractivity contribution is 7.89. The summed E-state index contributed by atoms with van der Waals surface area (Å²) in [4.78, 5) is 12.4. The van der Waals surface area contributed by atoms with Crippen molar-refractivity contribution in [1.82, 2.24) is 19.4 Å². The molecule has 2 atom stereocenters. The van der Waals surface area contributed by atoms with Gasteiger partial charge in [-0.1, -0.05) is 18.2 Å². The van der Waals surface area contributed by atoms with E-state index >= 15 is 0 Å². The maximum atomic E-state index is 12.4. The minimum atomic E-state index is -3.34. The Balaban J connectivity index is 1.64. The number of fused-ring (bicyclic) bond motifs is 1. The van der Waals surface area contributed by atoms with E-state index in [4.69, 9.17) is 4.74 Å². The van der Waals surface area contributed by atoms with Crippen molar-refractivity contribution in [2.75, 3.05) is 33.1 Å². The second-order valence-corrected chi connectivity index (χ2v) is 8.62. The predicted octanol–water partition coefficient (Wildman–Crippen LogP) is 0.0589. The summed E-state index contributed by atoms with van der Waals surface area (Å²) >= 11 is 0. The predicted molar refractivity (Wildman–Crippen MR) is 93.4 cm³/mol. The molecule has 0 bridgehead atoms. The highest BCUT2D eigenvalue weighted by atomic mass is 32.2. The van der Waals surface area contributed by atoms with E-state index < -0.39 is 10.0 Å². The van der Waals surface area contributed by atoms with Crippen LogP contribution in [0.25, 0.3) is 10.9 Å². The second kappa shape index (κ2) is 7.11. The topological polar surface area (TPSA) is 93.5 Å². The number of para-hydroxylation sites is 1. The summed E-state index contributed by atoms with van der Waals surface area (Å²) in [6.45, 7) is 0.721. The Labute approximate surface area is 146 Å². The van der Waals surface area contributed by atoms with Gasteiger partial charge in [-0.15, -0.1) is 0 Å². The van der Waals surface area contributed by atoms with E-state index in [2.05, 4.69) is 10.4 Å². The minimum absolute atomic E-state index is 0.0460. The largest absolute Gasteiger partial charge is 0.379 e. The first-order chi connectivity index (χ1) is 11.9. The molecule has 1 aliphatic heterocycles. The molecule has 2 heterocycles. The Kier molecular flexibility index (Phi) is 5.07. The number of aromatic nitrogens is 2. The van der Waals surface area contributed by atoms with E-state index in [0.29, 0.717) is 13.2 Å². The summed E-state index contributed by atoms with van der Waals surface area (Å²) in [5.41, 5.74) is 0.882. The fourth-order valence-electron chi connectivity index (χ4n) is 2.88. The first-order valence-electron chi connectivity index (χ1n) is 8.04. The Morgan fingerprint density at radius 1 is 1.36 bits per heavy atom. The van der Waals surface area contributed by atoms with Crippen LogP contribution in [0.5, 0.6) is 0 Å². The van der Waals surface area contributed by atoms with Crippen molar-refractivity contribution in [1.29, 1.82) is 0 Å². The first-order valence-corrected chi connectivity index (χ1v) is 9.65. The normalized spacial score (nSPS) is 21.1. The van der Waals surface area contributed by atoms with Gasteiger partial charge in [-0.2, -0.15) is 5.10 Å². The standard InChI is InChI=1S/C16H22N4O4S/c1-19(2)25(22,23)11-13-9-24-10-14(13)18-16(21)8-20-15-6-4-3-5-12(15)7-17-20/h3-7,13-14H,8-11H2,1-2H3,(H,18,21)/t13-,14-/m0/s1. The Hall–Kier alpha value is -1.97. The summed E-state index contributed by atoms with van der Waals surface area (Å²) in [6, 6.07) is 7.33. The molecule has 2 aromatic rings. The van der Waals surface area contributed by atoms with E-state index in [1.807, 2.05) is 24.3 Å². The molecule has 136 valence electrons. The van der Waals surface area contributed by atoms with Gasteiger partial charge in [0, 0.05) is 25.4 Å². The van der Waals surface area contributed by atoms with Crippen LogP contribution in [0.15, 0.2) is 30.5 Å². The number of ether oxygens (including phenoxy) is 1. The van der Waals surface area contributed by atoms with E-state index in [1.165, 1.54) is 18.4 Å². The third-order valence-electron chi connectivity index (χ3n) is 4.37. The van der Waals surface area contributed by atoms with Crippen molar-refractivity contribution in [3.8, 4) is 0 Å². The Morgan fingerprint density at radius 3 is 2.88 bits per heavy atom. The number of carbonyl (C=O) groups is 1. The third-order valence-corrected chi connectivity index (χ3v) is 6.33. The number of rotatable bonds is 6. The highest BCUT2D eigenvalue weighted by Crippen LogP contribution is 2.18. The summed E-state index contributed by atoms with van der Waals surface area (Å²) in [7, 11) is -0.342. The Bertz CT molecular complexity index is 862. The molecule has 25 heavy (non-hydrogen) atoms. The van der Waals surface area contributed by atoms with Crippen molar-refractivity contribution < 1.29 is 17.9 Å². The zero-order valence-electron chi connectivity index (χ0n) is 14.3. The molecule has 1 N–H and O–H groups in total. The second-order valence-electron chi connectivity index (χ2n) is 6.39. The molecule has 9 heteroatoms. The van der Waals surface area contributed by atoms with Crippen LogP contribution in [0, 0.1) is 5.92 Å². The fraction of sp³-hybridized carbons (Fsp3) is 0.500. The molecule has 0 aliphatic carbocycles. The first kappa shape index (κ1) is 17.8. The average molecular weight is 366 g/mol. The average Bonchev–Trinajstić information content (AvgIpc) is 3.15.